The van der Waals surface area contributed by atoms with Crippen molar-refractivity contribution in [2.24, 2.45) is 0 Å². The number of hydrogen-bond acceptors (Lipinski definition) is 6. The maximum absolute atomic E-state index is 12.8. The van der Waals surface area contributed by atoms with Gasteiger partial charge in [-0.1, -0.05) is 23.2 Å². The number of hydrogen-bond donors (Lipinski definition) is 0. The van der Waals surface area contributed by atoms with Crippen molar-refractivity contribution in [2.75, 3.05) is 0 Å². The molecule has 0 aliphatic heterocycles. The van der Waals surface area contributed by atoms with Gasteiger partial charge < -0.3 is 8.60 Å². The normalized spacial score (nSPS) is 11.8. The fourth-order valence-corrected chi connectivity index (χ4v) is 4.18. The summed E-state index contributed by atoms with van der Waals surface area (Å²) in [4.78, 5) is 15.3. The van der Waals surface area contributed by atoms with Crippen LogP contribution in [0, 0.1) is 0 Å². The Morgan fingerprint density at radius 3 is 2.63 bits per heavy atom. The molecule has 0 saturated heterocycles. The molecule has 2 aromatic carbocycles. The average Bonchev–Trinajstić information content (AvgIpc) is 2.64. The van der Waals surface area contributed by atoms with Crippen LogP contribution in [-0.4, -0.2) is 13.4 Å². The SMILES string of the molecule is O=c1ccc2cc(S(=O)(=O)Oc3c(Cl)cc(Cl)c4cccnc34)ccc2o1. The third-order valence-electron chi connectivity index (χ3n) is 3.82. The lowest BCUT2D eigenvalue weighted by Gasteiger charge is -2.12. The number of rotatable bonds is 3. The van der Waals surface area contributed by atoms with Crippen molar-refractivity contribution >= 4 is 55.2 Å². The molecule has 0 saturated carbocycles. The fraction of sp³-hybridized carbons (Fsp3) is 0. The van der Waals surface area contributed by atoms with Gasteiger partial charge in [0.05, 0.1) is 10.0 Å². The van der Waals surface area contributed by atoms with Crippen LogP contribution < -0.4 is 9.81 Å². The van der Waals surface area contributed by atoms with Gasteiger partial charge >= 0.3 is 15.7 Å². The summed E-state index contributed by atoms with van der Waals surface area (Å²) in [5, 5.41) is 1.29. The van der Waals surface area contributed by atoms with Crippen LogP contribution >= 0.6 is 23.2 Å². The average molecular weight is 422 g/mol. The molecule has 0 atom stereocenters. The summed E-state index contributed by atoms with van der Waals surface area (Å²) < 4.78 is 35.8. The van der Waals surface area contributed by atoms with Gasteiger partial charge in [0.25, 0.3) is 0 Å². The summed E-state index contributed by atoms with van der Waals surface area (Å²) in [6.45, 7) is 0. The fourth-order valence-electron chi connectivity index (χ4n) is 2.59. The zero-order chi connectivity index (χ0) is 19.2. The van der Waals surface area contributed by atoms with E-state index in [0.717, 1.165) is 0 Å². The van der Waals surface area contributed by atoms with E-state index < -0.39 is 15.7 Å². The predicted molar refractivity (Wildman–Crippen MR) is 102 cm³/mol. The van der Waals surface area contributed by atoms with E-state index in [0.29, 0.717) is 15.8 Å². The van der Waals surface area contributed by atoms with E-state index in [9.17, 15) is 13.2 Å². The molecule has 0 N–H and O–H groups in total. The molecule has 27 heavy (non-hydrogen) atoms. The van der Waals surface area contributed by atoms with Crippen LogP contribution in [0.4, 0.5) is 0 Å². The van der Waals surface area contributed by atoms with E-state index in [4.69, 9.17) is 31.8 Å². The Morgan fingerprint density at radius 2 is 1.81 bits per heavy atom. The highest BCUT2D eigenvalue weighted by Crippen LogP contribution is 2.38. The molecule has 0 bridgehead atoms. The summed E-state index contributed by atoms with van der Waals surface area (Å²) >= 11 is 12.3. The van der Waals surface area contributed by atoms with E-state index >= 15 is 0 Å². The second-order valence-corrected chi connectivity index (χ2v) is 7.92. The molecular weight excluding hydrogens is 413 g/mol. The van der Waals surface area contributed by atoms with Crippen molar-refractivity contribution in [3.8, 4) is 5.75 Å². The van der Waals surface area contributed by atoms with E-state index in [1.807, 2.05) is 0 Å². The molecule has 136 valence electrons. The summed E-state index contributed by atoms with van der Waals surface area (Å²) in [6.07, 6.45) is 1.48. The first-order chi connectivity index (χ1) is 12.8. The van der Waals surface area contributed by atoms with E-state index in [2.05, 4.69) is 4.98 Å². The highest BCUT2D eigenvalue weighted by atomic mass is 35.5. The van der Waals surface area contributed by atoms with Gasteiger partial charge in [-0.15, -0.1) is 0 Å². The molecule has 0 amide bonds. The lowest BCUT2D eigenvalue weighted by atomic mass is 10.2. The second-order valence-electron chi connectivity index (χ2n) is 5.56. The summed E-state index contributed by atoms with van der Waals surface area (Å²) in [5.74, 6) is -0.114. The first-order valence-electron chi connectivity index (χ1n) is 7.56. The molecule has 0 spiro atoms. The third-order valence-corrected chi connectivity index (χ3v) is 5.63. The summed E-state index contributed by atoms with van der Waals surface area (Å²) in [6, 6.07) is 11.4. The molecule has 0 aliphatic carbocycles. The largest absolute Gasteiger partial charge is 0.423 e. The van der Waals surface area contributed by atoms with Gasteiger partial charge in [-0.2, -0.15) is 8.42 Å². The molecular formula is C18H9Cl2NO5S. The topological polar surface area (TPSA) is 86.5 Å². The zero-order valence-corrected chi connectivity index (χ0v) is 15.7. The molecule has 0 aliphatic rings. The number of benzene rings is 2. The quantitative estimate of drug-likeness (QED) is 0.359. The monoisotopic (exact) mass is 421 g/mol. The van der Waals surface area contributed by atoms with Crippen LogP contribution in [0.15, 0.2) is 68.8 Å². The van der Waals surface area contributed by atoms with E-state index in [1.165, 1.54) is 42.6 Å². The first kappa shape index (κ1) is 17.8. The van der Waals surface area contributed by atoms with E-state index in [1.54, 1.807) is 12.1 Å². The van der Waals surface area contributed by atoms with Gasteiger partial charge in [-0.3, -0.25) is 4.98 Å². The zero-order valence-electron chi connectivity index (χ0n) is 13.3. The molecule has 9 heteroatoms. The van der Waals surface area contributed by atoms with Crippen molar-refractivity contribution in [3.63, 3.8) is 0 Å². The summed E-state index contributed by atoms with van der Waals surface area (Å²) in [7, 11) is -4.23. The molecule has 0 unspecified atom stereocenters. The van der Waals surface area contributed by atoms with Gasteiger partial charge in [0.2, 0.25) is 0 Å². The van der Waals surface area contributed by atoms with Crippen molar-refractivity contribution in [1.82, 2.24) is 4.98 Å². The van der Waals surface area contributed by atoms with Crippen LogP contribution in [0.5, 0.6) is 5.75 Å². The van der Waals surface area contributed by atoms with Crippen molar-refractivity contribution < 1.29 is 17.0 Å². The van der Waals surface area contributed by atoms with Crippen LogP contribution in [-0.2, 0) is 10.1 Å². The Morgan fingerprint density at radius 1 is 1.00 bits per heavy atom. The number of nitrogens with zero attached hydrogens (tertiary/aromatic N) is 1. The third kappa shape index (κ3) is 3.25. The molecule has 4 aromatic rings. The maximum atomic E-state index is 12.8. The minimum atomic E-state index is -4.23. The van der Waals surface area contributed by atoms with Crippen molar-refractivity contribution in [3.05, 3.63) is 75.2 Å². The minimum absolute atomic E-state index is 0.0153. The molecule has 4 rings (SSSR count). The van der Waals surface area contributed by atoms with Crippen LogP contribution in [0.2, 0.25) is 10.0 Å². The molecule has 2 aromatic heterocycles. The lowest BCUT2D eigenvalue weighted by molar-refractivity contribution is 0.488. The molecule has 0 radical (unpaired) electrons. The molecule has 6 nitrogen and oxygen atoms in total. The van der Waals surface area contributed by atoms with Gasteiger partial charge in [0.15, 0.2) is 5.75 Å². The minimum Gasteiger partial charge on any atom is -0.423 e. The van der Waals surface area contributed by atoms with Crippen LogP contribution in [0.1, 0.15) is 0 Å². The number of halogens is 2. The highest BCUT2D eigenvalue weighted by molar-refractivity contribution is 7.87. The Bertz CT molecular complexity index is 1370. The van der Waals surface area contributed by atoms with Gasteiger partial charge in [-0.05, 0) is 42.5 Å². The van der Waals surface area contributed by atoms with Crippen LogP contribution in [0.3, 0.4) is 0 Å². The Kier molecular flexibility index (Phi) is 4.30. The number of aromatic nitrogens is 1. The Balaban J connectivity index is 1.84. The first-order valence-corrected chi connectivity index (χ1v) is 9.73. The maximum Gasteiger partial charge on any atom is 0.339 e. The van der Waals surface area contributed by atoms with Gasteiger partial charge in [0.1, 0.15) is 16.0 Å². The van der Waals surface area contributed by atoms with Crippen LogP contribution in [0.25, 0.3) is 21.9 Å². The lowest BCUT2D eigenvalue weighted by Crippen LogP contribution is -2.11. The Hall–Kier alpha value is -2.61. The predicted octanol–water partition coefficient (Wildman–Crippen LogP) is 4.42. The standard InChI is InChI=1S/C18H9Cl2NO5S/c19-13-9-14(20)18(17-12(13)2-1-7-21-17)26-27(23,24)11-4-5-15-10(8-11)3-6-16(22)25-15/h1-9H. The number of fused-ring (bicyclic) bond motifs is 2. The van der Waals surface area contributed by atoms with Gasteiger partial charge in [-0.25, -0.2) is 4.79 Å². The van der Waals surface area contributed by atoms with Crippen molar-refractivity contribution in [2.45, 2.75) is 4.90 Å². The molecule has 2 heterocycles. The Labute approximate surface area is 163 Å². The highest BCUT2D eigenvalue weighted by Gasteiger charge is 2.22. The second kappa shape index (κ2) is 6.53. The number of pyridine rings is 1. The van der Waals surface area contributed by atoms with Gasteiger partial charge in [0, 0.05) is 23.0 Å². The molecule has 0 fully saturated rings. The van der Waals surface area contributed by atoms with Crippen molar-refractivity contribution in [1.29, 1.82) is 0 Å². The van der Waals surface area contributed by atoms with E-state index in [-0.39, 0.29) is 26.8 Å². The summed E-state index contributed by atoms with van der Waals surface area (Å²) in [5.41, 5.74) is -0.0386. The smallest absolute Gasteiger partial charge is 0.339 e.